The molecule has 6 heavy (non-hydrogen) atoms. The second kappa shape index (κ2) is 5.01. The van der Waals surface area contributed by atoms with E-state index in [2.05, 4.69) is 15.9 Å². The summed E-state index contributed by atoms with van der Waals surface area (Å²) in [6, 6.07) is 0. The van der Waals surface area contributed by atoms with E-state index >= 15 is 0 Å². The fraction of sp³-hybridized carbons (Fsp3) is 0. The van der Waals surface area contributed by atoms with Gasteiger partial charge in [-0.25, -0.2) is 0 Å². The predicted molar refractivity (Wildman–Crippen MR) is 21.7 cm³/mol. The first-order chi connectivity index (χ1) is 2.27. The third-order valence-corrected chi connectivity index (χ3v) is 0.429. The second-order valence-corrected chi connectivity index (χ2v) is 0.857. The van der Waals surface area contributed by atoms with Crippen LogP contribution in [0.3, 0.4) is 0 Å². The Morgan fingerprint density at radius 2 is 1.67 bits per heavy atom. The monoisotopic (exact) mass is 162 g/mol. The Hall–Kier alpha value is 0.01000. The Kier molecular flexibility index (Phi) is 7.83. The number of halogens is 4. The minimum Gasteiger partial charge on any atom is -0.269 e. The molecule has 0 saturated heterocycles. The van der Waals surface area contributed by atoms with Gasteiger partial charge in [0.1, 0.15) is 0 Å². The van der Waals surface area contributed by atoms with Gasteiger partial charge < -0.3 is 0 Å². The van der Waals surface area contributed by atoms with Gasteiger partial charge in [-0.15, -0.1) is 0 Å². The van der Waals surface area contributed by atoms with Crippen molar-refractivity contribution < 1.29 is 13.5 Å². The van der Waals surface area contributed by atoms with E-state index in [1.54, 1.807) is 0 Å². The van der Waals surface area contributed by atoms with Gasteiger partial charge in [0, 0.05) is 4.99 Å². The Bertz CT molecular complexity index is 46.8. The Morgan fingerprint density at radius 1 is 1.50 bits per heavy atom. The van der Waals surface area contributed by atoms with Crippen LogP contribution in [0.2, 0.25) is 0 Å². The van der Waals surface area contributed by atoms with E-state index in [0.29, 0.717) is 4.99 Å². The van der Waals surface area contributed by atoms with Crippen LogP contribution in [0, 0.1) is 0 Å². The lowest BCUT2D eigenvalue weighted by Crippen LogP contribution is -1.40. The van der Waals surface area contributed by atoms with E-state index < -0.39 is 6.08 Å². The van der Waals surface area contributed by atoms with Crippen LogP contribution in [0.1, 0.15) is 0 Å². The van der Waals surface area contributed by atoms with E-state index in [4.69, 9.17) is 0 Å². The minimum absolute atomic E-state index is 0. The lowest BCUT2D eigenvalue weighted by Gasteiger charge is -1.61. The summed E-state index contributed by atoms with van der Waals surface area (Å²) in [6.07, 6.45) is -1.70. The molecule has 0 N–H and O–H groups in total. The fourth-order valence-electron chi connectivity index (χ4n) is 0. The highest BCUT2D eigenvalue weighted by Crippen LogP contribution is 1.98. The summed E-state index contributed by atoms with van der Waals surface area (Å²) in [5.41, 5.74) is 0. The normalized spacial score (nSPS) is 5.83. The molecule has 0 unspecified atom stereocenters. The highest BCUT2D eigenvalue weighted by atomic mass is 79.9. The van der Waals surface area contributed by atoms with Crippen LogP contribution >= 0.6 is 15.9 Å². The molecule has 0 bridgehead atoms. The van der Waals surface area contributed by atoms with Crippen molar-refractivity contribution in [1.29, 1.82) is 0 Å². The van der Waals surface area contributed by atoms with Gasteiger partial charge >= 0.3 is 0 Å². The molecule has 0 atom stereocenters. The first-order valence-electron chi connectivity index (χ1n) is 0.885. The zero-order valence-corrected chi connectivity index (χ0v) is 4.21. The highest BCUT2D eigenvalue weighted by Gasteiger charge is 1.75. The lowest BCUT2D eigenvalue weighted by molar-refractivity contribution is 0.424. The van der Waals surface area contributed by atoms with Gasteiger partial charge in [-0.1, -0.05) is 15.9 Å². The molecule has 0 radical (unpaired) electrons. The zero-order valence-electron chi connectivity index (χ0n) is 2.62. The third-order valence-electron chi connectivity index (χ3n) is 0.0825. The second-order valence-electron chi connectivity index (χ2n) is 0.399. The van der Waals surface area contributed by atoms with Gasteiger partial charge in [0.25, 0.3) is 6.08 Å². The van der Waals surface area contributed by atoms with E-state index in [1.807, 2.05) is 0 Å². The molecule has 0 heterocycles. The molecule has 0 aliphatic heterocycles. The van der Waals surface area contributed by atoms with Gasteiger partial charge in [0.15, 0.2) is 0 Å². The molecule has 0 nitrogen and oxygen atoms in total. The van der Waals surface area contributed by atoms with Gasteiger partial charge in [-0.3, -0.25) is 4.70 Å². The Balaban J connectivity index is 0. The molecule has 0 amide bonds. The smallest absolute Gasteiger partial charge is 0.269 e. The van der Waals surface area contributed by atoms with Gasteiger partial charge in [-0.05, 0) is 0 Å². The summed E-state index contributed by atoms with van der Waals surface area (Å²) < 4.78 is 21.2. The fourth-order valence-corrected chi connectivity index (χ4v) is 0. The molecule has 38 valence electrons. The Labute approximate surface area is 41.3 Å². The van der Waals surface area contributed by atoms with E-state index in [9.17, 15) is 8.78 Å². The van der Waals surface area contributed by atoms with Crippen LogP contribution in [-0.4, -0.2) is 0 Å². The summed E-state index contributed by atoms with van der Waals surface area (Å²) >= 11 is 2.40. The van der Waals surface area contributed by atoms with Crippen molar-refractivity contribution in [3.8, 4) is 0 Å². The van der Waals surface area contributed by atoms with Crippen molar-refractivity contribution in [2.24, 2.45) is 0 Å². The summed E-state index contributed by atoms with van der Waals surface area (Å²) in [7, 11) is 0. The van der Waals surface area contributed by atoms with E-state index in [1.165, 1.54) is 0 Å². The van der Waals surface area contributed by atoms with Crippen molar-refractivity contribution in [1.82, 2.24) is 0 Å². The van der Waals surface area contributed by atoms with Crippen molar-refractivity contribution in [2.45, 2.75) is 0 Å². The first-order valence-corrected chi connectivity index (χ1v) is 1.80. The van der Waals surface area contributed by atoms with E-state index in [0.717, 1.165) is 0 Å². The lowest BCUT2D eigenvalue weighted by atomic mass is 11.2. The number of rotatable bonds is 0. The standard InChI is InChI=1S/C2HBrF2.FH/c3-1-2(4)5;/h1H;1H. The van der Waals surface area contributed by atoms with Crippen LogP contribution in [0.25, 0.3) is 0 Å². The minimum atomic E-state index is -1.70. The summed E-state index contributed by atoms with van der Waals surface area (Å²) in [4.78, 5) is 0.562. The largest absolute Gasteiger partial charge is 0.277 e. The SMILES string of the molecule is F.FC(F)=CBr. The molecule has 0 aromatic carbocycles. The van der Waals surface area contributed by atoms with Crippen LogP contribution < -0.4 is 0 Å². The van der Waals surface area contributed by atoms with Crippen molar-refractivity contribution in [3.05, 3.63) is 11.1 Å². The zero-order chi connectivity index (χ0) is 4.28. The summed E-state index contributed by atoms with van der Waals surface area (Å²) in [6.45, 7) is 0. The number of hydrogen-bond acceptors (Lipinski definition) is 0. The molecule has 4 heteroatoms. The predicted octanol–water partition coefficient (Wildman–Crippen LogP) is 2.27. The topological polar surface area (TPSA) is 0 Å². The molecule has 0 aromatic rings. The molecule has 0 rings (SSSR count). The summed E-state index contributed by atoms with van der Waals surface area (Å²) in [5, 5.41) is 0. The molecule has 0 saturated carbocycles. The summed E-state index contributed by atoms with van der Waals surface area (Å²) in [5.74, 6) is 0. The maximum Gasteiger partial charge on any atom is 0.277 e. The molecular formula is C2H2BrF3. The molecule has 0 spiro atoms. The van der Waals surface area contributed by atoms with Crippen LogP contribution in [-0.2, 0) is 0 Å². The highest BCUT2D eigenvalue weighted by molar-refractivity contribution is 9.11. The van der Waals surface area contributed by atoms with Crippen molar-refractivity contribution in [3.63, 3.8) is 0 Å². The quantitative estimate of drug-likeness (QED) is 0.513. The van der Waals surface area contributed by atoms with Gasteiger partial charge in [-0.2, -0.15) is 8.78 Å². The van der Waals surface area contributed by atoms with E-state index in [-0.39, 0.29) is 4.70 Å². The van der Waals surface area contributed by atoms with Crippen molar-refractivity contribution in [2.75, 3.05) is 0 Å². The van der Waals surface area contributed by atoms with Crippen LogP contribution in [0.15, 0.2) is 11.1 Å². The van der Waals surface area contributed by atoms with Crippen LogP contribution in [0.5, 0.6) is 0 Å². The average molecular weight is 163 g/mol. The maximum atomic E-state index is 10.6. The maximum absolute atomic E-state index is 10.6. The first kappa shape index (κ1) is 9.38. The molecule has 0 aliphatic carbocycles. The average Bonchev–Trinajstić information content (AvgIpc) is 1.38. The van der Waals surface area contributed by atoms with Crippen molar-refractivity contribution >= 4 is 15.9 Å². The molecule has 0 aromatic heterocycles. The molecule has 0 fully saturated rings. The molecular weight excluding hydrogens is 161 g/mol. The number of hydrogen-bond donors (Lipinski definition) is 0. The van der Waals surface area contributed by atoms with Gasteiger partial charge in [0.2, 0.25) is 0 Å². The van der Waals surface area contributed by atoms with Gasteiger partial charge in [0.05, 0.1) is 0 Å². The molecule has 0 aliphatic rings. The van der Waals surface area contributed by atoms with Crippen LogP contribution in [0.4, 0.5) is 13.5 Å². The Morgan fingerprint density at radius 3 is 1.67 bits per heavy atom. The third kappa shape index (κ3) is 8.99.